The van der Waals surface area contributed by atoms with Crippen LogP contribution in [0.3, 0.4) is 0 Å². The molecule has 1 aromatic carbocycles. The summed E-state index contributed by atoms with van der Waals surface area (Å²) in [7, 11) is 0. The molecule has 3 rings (SSSR count). The first-order valence-electron chi connectivity index (χ1n) is 7.47. The van der Waals surface area contributed by atoms with Crippen molar-refractivity contribution < 1.29 is 9.59 Å². The standard InChI is InChI=1S/C16H13Cl2N5O2S/c1-8-13(7-24)26-16(19-8)20-15(25)14-9(2)23(22-21-14)6-10-3-4-11(17)12(18)5-10/h3-5,7H,6H2,1-2H3,(H,19,20,25). The van der Waals surface area contributed by atoms with Crippen molar-refractivity contribution in [1.82, 2.24) is 20.0 Å². The summed E-state index contributed by atoms with van der Waals surface area (Å²) < 4.78 is 1.60. The quantitative estimate of drug-likeness (QED) is 0.647. The highest BCUT2D eigenvalue weighted by molar-refractivity contribution is 7.17. The lowest BCUT2D eigenvalue weighted by atomic mass is 10.2. The monoisotopic (exact) mass is 409 g/mol. The highest BCUT2D eigenvalue weighted by Crippen LogP contribution is 2.24. The third kappa shape index (κ3) is 3.77. The van der Waals surface area contributed by atoms with Crippen LogP contribution < -0.4 is 5.32 Å². The Hall–Kier alpha value is -2.29. The molecule has 0 radical (unpaired) electrons. The first-order chi connectivity index (χ1) is 12.4. The molecule has 0 aliphatic heterocycles. The van der Waals surface area contributed by atoms with Gasteiger partial charge in [0.2, 0.25) is 0 Å². The molecule has 1 amide bonds. The molecule has 134 valence electrons. The van der Waals surface area contributed by atoms with E-state index >= 15 is 0 Å². The van der Waals surface area contributed by atoms with Gasteiger partial charge in [0.05, 0.1) is 32.9 Å². The first kappa shape index (κ1) is 18.5. The summed E-state index contributed by atoms with van der Waals surface area (Å²) in [5.74, 6) is -0.436. The average Bonchev–Trinajstić information content (AvgIpc) is 3.13. The van der Waals surface area contributed by atoms with Gasteiger partial charge in [0.15, 0.2) is 17.1 Å². The number of aldehydes is 1. The number of aromatic nitrogens is 4. The number of hydrogen-bond donors (Lipinski definition) is 1. The van der Waals surface area contributed by atoms with Crippen LogP contribution in [-0.2, 0) is 6.54 Å². The third-order valence-corrected chi connectivity index (χ3v) is 5.41. The van der Waals surface area contributed by atoms with Gasteiger partial charge in [-0.3, -0.25) is 14.9 Å². The normalized spacial score (nSPS) is 10.8. The number of carbonyl (C=O) groups is 2. The fraction of sp³-hybridized carbons (Fsp3) is 0.188. The summed E-state index contributed by atoms with van der Waals surface area (Å²) >= 11 is 13.0. The summed E-state index contributed by atoms with van der Waals surface area (Å²) in [5.41, 5.74) is 2.23. The number of benzene rings is 1. The number of amides is 1. The van der Waals surface area contributed by atoms with Crippen molar-refractivity contribution in [3.8, 4) is 0 Å². The van der Waals surface area contributed by atoms with Crippen LogP contribution in [-0.4, -0.2) is 32.2 Å². The molecule has 3 aromatic rings. The van der Waals surface area contributed by atoms with Gasteiger partial charge in [-0.2, -0.15) is 0 Å². The maximum absolute atomic E-state index is 12.4. The number of aryl methyl sites for hydroxylation is 1. The summed E-state index contributed by atoms with van der Waals surface area (Å²) in [6, 6.07) is 5.27. The maximum Gasteiger partial charge on any atom is 0.279 e. The molecule has 10 heteroatoms. The molecule has 0 spiro atoms. The van der Waals surface area contributed by atoms with Crippen molar-refractivity contribution in [1.29, 1.82) is 0 Å². The zero-order valence-electron chi connectivity index (χ0n) is 13.8. The van der Waals surface area contributed by atoms with Crippen LogP contribution in [0.2, 0.25) is 10.0 Å². The lowest BCUT2D eigenvalue weighted by Gasteiger charge is -2.05. The summed E-state index contributed by atoms with van der Waals surface area (Å²) in [6.07, 6.45) is 0.710. The van der Waals surface area contributed by atoms with E-state index in [9.17, 15) is 9.59 Å². The van der Waals surface area contributed by atoms with Gasteiger partial charge in [-0.1, -0.05) is 45.8 Å². The Morgan fingerprint density at radius 1 is 1.31 bits per heavy atom. The second kappa shape index (κ2) is 7.53. The highest BCUT2D eigenvalue weighted by atomic mass is 35.5. The van der Waals surface area contributed by atoms with Crippen LogP contribution in [0.25, 0.3) is 0 Å². The molecule has 0 bridgehead atoms. The molecule has 0 aliphatic carbocycles. The minimum Gasteiger partial charge on any atom is -0.297 e. The average molecular weight is 410 g/mol. The van der Waals surface area contributed by atoms with E-state index in [-0.39, 0.29) is 5.69 Å². The fourth-order valence-corrected chi connectivity index (χ4v) is 3.36. The Labute approximate surface area is 163 Å². The number of hydrogen-bond acceptors (Lipinski definition) is 6. The Balaban J connectivity index is 1.77. The SMILES string of the molecule is Cc1nc(NC(=O)c2nnn(Cc3ccc(Cl)c(Cl)c3)c2C)sc1C=O. The molecule has 2 heterocycles. The van der Waals surface area contributed by atoms with E-state index in [2.05, 4.69) is 20.6 Å². The number of anilines is 1. The van der Waals surface area contributed by atoms with Crippen molar-refractivity contribution in [2.24, 2.45) is 0 Å². The minimum atomic E-state index is -0.436. The second-order valence-electron chi connectivity index (χ2n) is 5.47. The topological polar surface area (TPSA) is 89.8 Å². The maximum atomic E-state index is 12.4. The van der Waals surface area contributed by atoms with Crippen LogP contribution in [0.4, 0.5) is 5.13 Å². The number of rotatable bonds is 5. The largest absolute Gasteiger partial charge is 0.297 e. The zero-order chi connectivity index (χ0) is 18.8. The van der Waals surface area contributed by atoms with Crippen molar-refractivity contribution in [2.75, 3.05) is 5.32 Å². The number of nitrogens with one attached hydrogen (secondary N) is 1. The molecule has 0 fully saturated rings. The van der Waals surface area contributed by atoms with E-state index in [4.69, 9.17) is 23.2 Å². The van der Waals surface area contributed by atoms with Gasteiger partial charge < -0.3 is 0 Å². The smallest absolute Gasteiger partial charge is 0.279 e. The van der Waals surface area contributed by atoms with E-state index in [1.54, 1.807) is 30.7 Å². The molecule has 1 N–H and O–H groups in total. The van der Waals surface area contributed by atoms with Crippen LogP contribution in [0.15, 0.2) is 18.2 Å². The predicted molar refractivity (Wildman–Crippen MR) is 101 cm³/mol. The molecule has 0 unspecified atom stereocenters. The molecule has 0 atom stereocenters. The van der Waals surface area contributed by atoms with E-state index in [1.807, 2.05) is 6.07 Å². The Morgan fingerprint density at radius 2 is 2.08 bits per heavy atom. The van der Waals surface area contributed by atoms with Crippen LogP contribution >= 0.6 is 34.5 Å². The van der Waals surface area contributed by atoms with Gasteiger partial charge in [0, 0.05) is 0 Å². The fourth-order valence-electron chi connectivity index (χ4n) is 2.26. The molecular formula is C16H13Cl2N5O2S. The molecule has 7 nitrogen and oxygen atoms in total. The van der Waals surface area contributed by atoms with Crippen LogP contribution in [0, 0.1) is 13.8 Å². The van der Waals surface area contributed by atoms with Crippen molar-refractivity contribution in [3.05, 3.63) is 55.8 Å². The van der Waals surface area contributed by atoms with Gasteiger partial charge in [0.1, 0.15) is 0 Å². The van der Waals surface area contributed by atoms with Gasteiger partial charge in [-0.15, -0.1) is 5.10 Å². The molecule has 26 heavy (non-hydrogen) atoms. The Bertz CT molecular complexity index is 999. The highest BCUT2D eigenvalue weighted by Gasteiger charge is 2.19. The summed E-state index contributed by atoms with van der Waals surface area (Å²) in [6.45, 7) is 3.85. The van der Waals surface area contributed by atoms with Crippen LogP contribution in [0.5, 0.6) is 0 Å². The van der Waals surface area contributed by atoms with Crippen molar-refractivity contribution in [2.45, 2.75) is 20.4 Å². The number of thiazole rings is 1. The summed E-state index contributed by atoms with van der Waals surface area (Å²) in [4.78, 5) is 27.9. The van der Waals surface area contributed by atoms with Crippen molar-refractivity contribution in [3.63, 3.8) is 0 Å². The molecular weight excluding hydrogens is 397 g/mol. The van der Waals surface area contributed by atoms with Gasteiger partial charge in [0.25, 0.3) is 5.91 Å². The second-order valence-corrected chi connectivity index (χ2v) is 7.32. The predicted octanol–water partition coefficient (Wildman–Crippen LogP) is 3.77. The lowest BCUT2D eigenvalue weighted by molar-refractivity contribution is 0.102. The van der Waals surface area contributed by atoms with Gasteiger partial charge in [-0.05, 0) is 31.5 Å². The minimum absolute atomic E-state index is 0.186. The summed E-state index contributed by atoms with van der Waals surface area (Å²) in [5, 5.41) is 11.9. The van der Waals surface area contributed by atoms with E-state index in [1.165, 1.54) is 0 Å². The molecule has 2 aromatic heterocycles. The number of carbonyl (C=O) groups excluding carboxylic acids is 2. The van der Waals surface area contributed by atoms with E-state index in [0.717, 1.165) is 16.9 Å². The Kier molecular flexibility index (Phi) is 5.36. The van der Waals surface area contributed by atoms with Crippen LogP contribution in [0.1, 0.15) is 37.1 Å². The van der Waals surface area contributed by atoms with E-state index in [0.29, 0.717) is 44.3 Å². The Morgan fingerprint density at radius 3 is 2.73 bits per heavy atom. The van der Waals surface area contributed by atoms with Gasteiger partial charge >= 0.3 is 0 Å². The molecule has 0 saturated heterocycles. The van der Waals surface area contributed by atoms with Crippen molar-refractivity contribution >= 4 is 51.9 Å². The van der Waals surface area contributed by atoms with Gasteiger partial charge in [-0.25, -0.2) is 9.67 Å². The first-order valence-corrected chi connectivity index (χ1v) is 9.04. The zero-order valence-corrected chi connectivity index (χ0v) is 16.1. The molecule has 0 aliphatic rings. The van der Waals surface area contributed by atoms with E-state index < -0.39 is 5.91 Å². The number of nitrogens with zero attached hydrogens (tertiary/aromatic N) is 4. The lowest BCUT2D eigenvalue weighted by Crippen LogP contribution is -2.14. The number of halogens is 2. The molecule has 0 saturated carbocycles. The third-order valence-electron chi connectivity index (χ3n) is 3.67.